The lowest BCUT2D eigenvalue weighted by molar-refractivity contribution is -0.788. The van der Waals surface area contributed by atoms with E-state index in [1.807, 2.05) is 0 Å². The van der Waals surface area contributed by atoms with Gasteiger partial charge in [0.15, 0.2) is 0 Å². The van der Waals surface area contributed by atoms with Crippen LogP contribution < -0.4 is 5.32 Å². The number of methoxy groups -OCH3 is 1. The molecule has 0 saturated carbocycles. The largest absolute Gasteiger partial charge is 0.469 e. The van der Waals surface area contributed by atoms with E-state index in [-0.39, 0.29) is 50.5 Å². The summed E-state index contributed by atoms with van der Waals surface area (Å²) in [5.41, 5.74) is -4.75. The normalized spacial score (nSPS) is 22.8. The highest BCUT2D eigenvalue weighted by Crippen LogP contribution is 2.39. The number of nitrogens with zero attached hydrogens (tertiary/aromatic N) is 1. The van der Waals surface area contributed by atoms with Crippen LogP contribution in [0.2, 0.25) is 0 Å². The van der Waals surface area contributed by atoms with E-state index in [0.717, 1.165) is 5.56 Å². The summed E-state index contributed by atoms with van der Waals surface area (Å²) in [6.07, 6.45) is -11.0. The molecule has 2 aromatic rings. The third kappa shape index (κ3) is 7.07. The van der Waals surface area contributed by atoms with E-state index in [1.165, 1.54) is 14.0 Å². The monoisotopic (exact) mass is 563 g/mol. The number of carbonyl (C=O) groups is 1. The van der Waals surface area contributed by atoms with Crippen LogP contribution in [0.4, 0.5) is 26.3 Å². The van der Waals surface area contributed by atoms with E-state index < -0.39 is 51.6 Å². The van der Waals surface area contributed by atoms with Crippen molar-refractivity contribution in [2.24, 2.45) is 0 Å². The molecule has 7 nitrogen and oxygen atoms in total. The zero-order chi connectivity index (χ0) is 29.1. The van der Waals surface area contributed by atoms with Crippen LogP contribution >= 0.6 is 0 Å². The lowest BCUT2D eigenvalue weighted by atomic mass is 9.75. The van der Waals surface area contributed by atoms with Gasteiger partial charge in [-0.25, -0.2) is 0 Å². The summed E-state index contributed by atoms with van der Waals surface area (Å²) < 4.78 is 90.5. The van der Waals surface area contributed by atoms with E-state index in [2.05, 4.69) is 4.74 Å². The number of benzene rings is 2. The number of carbonyl (C=O) groups excluding carboxylic acids is 1. The maximum atomic E-state index is 13.3. The summed E-state index contributed by atoms with van der Waals surface area (Å²) in [6.45, 7) is 1.20. The van der Waals surface area contributed by atoms with Crippen molar-refractivity contribution < 1.29 is 50.9 Å². The number of nitro groups is 1. The highest BCUT2D eigenvalue weighted by Gasteiger charge is 2.54. The molecule has 0 amide bonds. The van der Waals surface area contributed by atoms with Crippen LogP contribution in [0.25, 0.3) is 0 Å². The quantitative estimate of drug-likeness (QED) is 0.200. The number of halogens is 6. The number of esters is 1. The van der Waals surface area contributed by atoms with Crippen LogP contribution in [-0.2, 0) is 32.2 Å². The molecule has 39 heavy (non-hydrogen) atoms. The third-order valence-corrected chi connectivity index (χ3v) is 7.34. The lowest BCUT2D eigenvalue weighted by Gasteiger charge is -2.40. The SMILES string of the molecule is COC(=O)CC[C@@]1([N+](=O)[O-])CC[C@@](CO[C@H](C)c2cc(C(F)(F)F)cc(C(F)(F)F)c2)(c2ccccc2)[NH2+]C1. The lowest BCUT2D eigenvalue weighted by Crippen LogP contribution is -3.01. The Hall–Kier alpha value is -3.19. The Morgan fingerprint density at radius 2 is 1.64 bits per heavy atom. The van der Waals surface area contributed by atoms with Gasteiger partial charge in [0.25, 0.3) is 5.54 Å². The first-order valence-corrected chi connectivity index (χ1v) is 12.1. The molecule has 0 unspecified atom stereocenters. The number of quaternary nitrogens is 1. The summed E-state index contributed by atoms with van der Waals surface area (Å²) >= 11 is 0. The van der Waals surface area contributed by atoms with Gasteiger partial charge in [0, 0.05) is 29.7 Å². The van der Waals surface area contributed by atoms with E-state index in [9.17, 15) is 41.3 Å². The molecular formula is C26H29F6N2O5+. The maximum absolute atomic E-state index is 13.3. The summed E-state index contributed by atoms with van der Waals surface area (Å²) in [5.74, 6) is -0.576. The number of nitrogens with two attached hydrogens (primary N) is 1. The second-order valence-electron chi connectivity index (χ2n) is 9.78. The van der Waals surface area contributed by atoms with Gasteiger partial charge in [0.05, 0.1) is 30.8 Å². The molecule has 1 aliphatic heterocycles. The molecule has 1 aliphatic rings. The molecular weight excluding hydrogens is 534 g/mol. The predicted molar refractivity (Wildman–Crippen MR) is 126 cm³/mol. The van der Waals surface area contributed by atoms with Gasteiger partial charge in [-0.2, -0.15) is 26.3 Å². The fourth-order valence-electron chi connectivity index (χ4n) is 4.80. The molecule has 2 aromatic carbocycles. The topological polar surface area (TPSA) is 95.3 Å². The minimum absolute atomic E-state index is 0.0224. The van der Waals surface area contributed by atoms with Crippen molar-refractivity contribution in [3.63, 3.8) is 0 Å². The van der Waals surface area contributed by atoms with Crippen molar-refractivity contribution in [1.82, 2.24) is 0 Å². The number of rotatable bonds is 9. The Labute approximate surface area is 220 Å². The Kier molecular flexibility index (Phi) is 8.95. The number of alkyl halides is 6. The number of hydrogen-bond donors (Lipinski definition) is 1. The van der Waals surface area contributed by atoms with Gasteiger partial charge in [-0.05, 0) is 30.7 Å². The van der Waals surface area contributed by atoms with Gasteiger partial charge in [-0.15, -0.1) is 0 Å². The summed E-state index contributed by atoms with van der Waals surface area (Å²) in [6, 6.07) is 10.2. The molecule has 3 rings (SSSR count). The van der Waals surface area contributed by atoms with Gasteiger partial charge in [-0.1, -0.05) is 30.3 Å². The molecule has 1 saturated heterocycles. The standard InChI is InChI=1S/C26H28F6N2O5/c1-17(18-12-20(25(27,28)29)14-21(13-18)26(30,31)32)39-16-24(19-6-4-3-5-7-19)11-10-23(15-33-24,34(36)37)9-8-22(35)38-2/h3-7,12-14,17,33H,8-11,15-16H2,1-2H3/p+1/t17-,23-,24-/m1/s1. The highest BCUT2D eigenvalue weighted by molar-refractivity contribution is 5.69. The van der Waals surface area contributed by atoms with Crippen molar-refractivity contribution >= 4 is 5.97 Å². The minimum Gasteiger partial charge on any atom is -0.469 e. The molecule has 0 aliphatic carbocycles. The van der Waals surface area contributed by atoms with E-state index >= 15 is 0 Å². The fourth-order valence-corrected chi connectivity index (χ4v) is 4.80. The molecule has 0 radical (unpaired) electrons. The van der Waals surface area contributed by atoms with Crippen LogP contribution in [0.5, 0.6) is 0 Å². The zero-order valence-corrected chi connectivity index (χ0v) is 21.3. The number of piperidine rings is 1. The van der Waals surface area contributed by atoms with Crippen LogP contribution in [-0.4, -0.2) is 36.7 Å². The Balaban J connectivity index is 1.88. The van der Waals surface area contributed by atoms with Crippen LogP contribution in [0.1, 0.15) is 61.0 Å². The molecule has 1 fully saturated rings. The van der Waals surface area contributed by atoms with E-state index in [4.69, 9.17) is 4.74 Å². The van der Waals surface area contributed by atoms with Crippen molar-refractivity contribution in [3.05, 3.63) is 80.9 Å². The Bertz CT molecular complexity index is 1130. The zero-order valence-electron chi connectivity index (χ0n) is 21.3. The first-order chi connectivity index (χ1) is 18.1. The Morgan fingerprint density at radius 1 is 1.05 bits per heavy atom. The van der Waals surface area contributed by atoms with Crippen molar-refractivity contribution in [3.8, 4) is 0 Å². The van der Waals surface area contributed by atoms with Crippen molar-refractivity contribution in [2.45, 2.75) is 62.1 Å². The maximum Gasteiger partial charge on any atom is 0.416 e. The van der Waals surface area contributed by atoms with Crippen LogP contribution in [0.3, 0.4) is 0 Å². The van der Waals surface area contributed by atoms with Gasteiger partial charge in [0.1, 0.15) is 18.7 Å². The average Bonchev–Trinajstić information content (AvgIpc) is 2.90. The molecule has 0 aromatic heterocycles. The molecule has 3 atom stereocenters. The predicted octanol–water partition coefficient (Wildman–Crippen LogP) is 5.02. The average molecular weight is 564 g/mol. The van der Waals surface area contributed by atoms with Gasteiger partial charge >= 0.3 is 18.3 Å². The van der Waals surface area contributed by atoms with Gasteiger partial charge < -0.3 is 14.8 Å². The first-order valence-electron chi connectivity index (χ1n) is 12.1. The second-order valence-corrected chi connectivity index (χ2v) is 9.78. The molecule has 1 heterocycles. The summed E-state index contributed by atoms with van der Waals surface area (Å²) in [4.78, 5) is 23.2. The molecule has 0 bridgehead atoms. The minimum atomic E-state index is -4.99. The molecule has 13 heteroatoms. The third-order valence-electron chi connectivity index (χ3n) is 7.34. The fraction of sp³-hybridized carbons (Fsp3) is 0.500. The summed E-state index contributed by atoms with van der Waals surface area (Å²) in [7, 11) is 1.19. The number of ether oxygens (including phenoxy) is 2. The molecule has 0 spiro atoms. The summed E-state index contributed by atoms with van der Waals surface area (Å²) in [5, 5.41) is 13.7. The van der Waals surface area contributed by atoms with Gasteiger partial charge in [0.2, 0.25) is 0 Å². The first kappa shape index (κ1) is 30.4. The van der Waals surface area contributed by atoms with Crippen molar-refractivity contribution in [2.75, 3.05) is 20.3 Å². The van der Waals surface area contributed by atoms with Crippen LogP contribution in [0.15, 0.2) is 48.5 Å². The van der Waals surface area contributed by atoms with E-state index in [0.29, 0.717) is 12.1 Å². The molecule has 2 N–H and O–H groups in total. The van der Waals surface area contributed by atoms with Gasteiger partial charge in [-0.3, -0.25) is 14.9 Å². The van der Waals surface area contributed by atoms with Crippen molar-refractivity contribution in [1.29, 1.82) is 0 Å². The second kappa shape index (κ2) is 11.5. The Morgan fingerprint density at radius 3 is 2.10 bits per heavy atom. The molecule has 214 valence electrons. The smallest absolute Gasteiger partial charge is 0.416 e. The van der Waals surface area contributed by atoms with E-state index in [1.54, 1.807) is 35.6 Å². The highest BCUT2D eigenvalue weighted by atomic mass is 19.4. The number of hydrogen-bond acceptors (Lipinski definition) is 5. The van der Waals surface area contributed by atoms with Crippen LogP contribution in [0, 0.1) is 10.1 Å².